The molecule has 0 amide bonds. The molecule has 3 nitrogen and oxygen atoms in total. The minimum atomic E-state index is -1.18. The van der Waals surface area contributed by atoms with Gasteiger partial charge in [-0.3, -0.25) is 0 Å². The van der Waals surface area contributed by atoms with Crippen LogP contribution in [0.3, 0.4) is 0 Å². The lowest BCUT2D eigenvalue weighted by molar-refractivity contribution is 0.525. The van der Waals surface area contributed by atoms with Crippen LogP contribution in [0, 0.1) is 18.7 Å². The minimum Gasteiger partial charge on any atom is -0.598 e. The van der Waals surface area contributed by atoms with Crippen molar-refractivity contribution in [2.24, 2.45) is 5.92 Å². The van der Waals surface area contributed by atoms with Gasteiger partial charge in [0.15, 0.2) is 0 Å². The average Bonchev–Trinajstić information content (AvgIpc) is 2.76. The van der Waals surface area contributed by atoms with Gasteiger partial charge in [-0.15, -0.1) is 4.72 Å². The summed E-state index contributed by atoms with van der Waals surface area (Å²) < 4.78 is 31.5. The Morgan fingerprint density at radius 2 is 1.88 bits per heavy atom. The van der Waals surface area contributed by atoms with Crippen molar-refractivity contribution >= 4 is 22.3 Å². The van der Waals surface area contributed by atoms with E-state index in [0.29, 0.717) is 11.5 Å². The van der Waals surface area contributed by atoms with Crippen LogP contribution < -0.4 is 4.72 Å². The summed E-state index contributed by atoms with van der Waals surface area (Å²) in [5.74, 6) is 0.293. The summed E-state index contributed by atoms with van der Waals surface area (Å²) in [6.45, 7) is 14.8. The lowest BCUT2D eigenvalue weighted by Crippen LogP contribution is -2.40. The first kappa shape index (κ1) is 19.3. The number of nitrogens with zero attached hydrogens (tertiary/aromatic N) is 1. The molecule has 1 aromatic carbocycles. The van der Waals surface area contributed by atoms with Gasteiger partial charge in [0, 0.05) is 35.0 Å². The van der Waals surface area contributed by atoms with E-state index in [4.69, 9.17) is 0 Å². The van der Waals surface area contributed by atoms with Gasteiger partial charge in [-0.1, -0.05) is 13.8 Å². The van der Waals surface area contributed by atoms with Gasteiger partial charge in [0.25, 0.3) is 0 Å². The molecule has 1 aromatic heterocycles. The highest BCUT2D eigenvalue weighted by molar-refractivity contribution is 7.90. The summed E-state index contributed by atoms with van der Waals surface area (Å²) in [5, 5.41) is 0.893. The van der Waals surface area contributed by atoms with Crippen molar-refractivity contribution in [1.82, 2.24) is 9.29 Å². The van der Waals surface area contributed by atoms with E-state index >= 15 is 0 Å². The highest BCUT2D eigenvalue weighted by Crippen LogP contribution is 2.30. The smallest absolute Gasteiger partial charge is 0.136 e. The zero-order chi connectivity index (χ0) is 18.2. The van der Waals surface area contributed by atoms with E-state index in [0.717, 1.165) is 23.0 Å². The van der Waals surface area contributed by atoms with Crippen LogP contribution in [0.15, 0.2) is 18.3 Å². The monoisotopic (exact) mass is 352 g/mol. The number of fused-ring (bicyclic) bond motifs is 1. The molecule has 1 N–H and O–H groups in total. The standard InChI is InChI=1S/C19H29FN2OS/c1-12(2)10-22-11-16(14(4)21-24(23)19(5,6)7)15-9-17(20)13(3)8-18(15)22/h8-9,11-12,14,21H,10H2,1-7H3/t14-,24?/m1/s1. The SMILES string of the molecule is Cc1cc2c(cc1F)c([C@@H](C)N[S+]([O-])C(C)(C)C)cn2CC(C)C. The van der Waals surface area contributed by atoms with Gasteiger partial charge in [0.05, 0.1) is 6.04 Å². The Labute approximate surface area is 147 Å². The zero-order valence-corrected chi connectivity index (χ0v) is 16.6. The van der Waals surface area contributed by atoms with Gasteiger partial charge in [-0.05, 0) is 63.8 Å². The van der Waals surface area contributed by atoms with Crippen LogP contribution in [0.25, 0.3) is 10.9 Å². The molecule has 0 saturated carbocycles. The van der Waals surface area contributed by atoms with Crippen molar-refractivity contribution in [1.29, 1.82) is 0 Å². The normalized spacial score (nSPS) is 15.2. The fourth-order valence-electron chi connectivity index (χ4n) is 2.73. The fourth-order valence-corrected chi connectivity index (χ4v) is 3.53. The summed E-state index contributed by atoms with van der Waals surface area (Å²) in [4.78, 5) is 0. The van der Waals surface area contributed by atoms with E-state index in [1.807, 2.05) is 33.8 Å². The number of hydrogen-bond acceptors (Lipinski definition) is 2. The van der Waals surface area contributed by atoms with Crippen LogP contribution in [0.2, 0.25) is 0 Å². The van der Waals surface area contributed by atoms with Crippen LogP contribution in [-0.4, -0.2) is 13.9 Å². The zero-order valence-electron chi connectivity index (χ0n) is 15.7. The molecule has 0 radical (unpaired) electrons. The first-order valence-electron chi connectivity index (χ1n) is 8.47. The van der Waals surface area contributed by atoms with Crippen LogP contribution in [0.1, 0.15) is 58.7 Å². The summed E-state index contributed by atoms with van der Waals surface area (Å²) >= 11 is -1.18. The number of benzene rings is 1. The maximum absolute atomic E-state index is 14.1. The first-order valence-corrected chi connectivity index (χ1v) is 9.62. The molecule has 0 aliphatic heterocycles. The van der Waals surface area contributed by atoms with E-state index in [-0.39, 0.29) is 16.6 Å². The number of halogens is 1. The molecule has 0 fully saturated rings. The molecule has 2 atom stereocenters. The van der Waals surface area contributed by atoms with Gasteiger partial charge in [-0.25, -0.2) is 4.39 Å². The Balaban J connectivity index is 2.47. The quantitative estimate of drug-likeness (QED) is 0.781. The molecular weight excluding hydrogens is 323 g/mol. The Morgan fingerprint density at radius 3 is 2.42 bits per heavy atom. The first-order chi connectivity index (χ1) is 11.0. The molecule has 0 spiro atoms. The Kier molecular flexibility index (Phi) is 5.68. The van der Waals surface area contributed by atoms with Crippen molar-refractivity contribution in [2.75, 3.05) is 0 Å². The van der Waals surface area contributed by atoms with E-state index in [2.05, 4.69) is 29.3 Å². The molecule has 2 aromatic rings. The molecule has 0 aliphatic rings. The minimum absolute atomic E-state index is 0.122. The van der Waals surface area contributed by atoms with E-state index in [1.54, 1.807) is 13.0 Å². The Hall–Kier alpha value is -1.04. The molecule has 2 rings (SSSR count). The second kappa shape index (κ2) is 7.06. The summed E-state index contributed by atoms with van der Waals surface area (Å²) in [5.41, 5.74) is 2.67. The van der Waals surface area contributed by atoms with Crippen LogP contribution in [0.4, 0.5) is 4.39 Å². The molecule has 1 unspecified atom stereocenters. The lowest BCUT2D eigenvalue weighted by atomic mass is 10.1. The average molecular weight is 353 g/mol. The summed E-state index contributed by atoms with van der Waals surface area (Å²) in [6.07, 6.45) is 2.07. The topological polar surface area (TPSA) is 40.0 Å². The highest BCUT2D eigenvalue weighted by Gasteiger charge is 2.29. The van der Waals surface area contributed by atoms with Crippen LogP contribution >= 0.6 is 0 Å². The van der Waals surface area contributed by atoms with Crippen LogP contribution in [0.5, 0.6) is 0 Å². The second-order valence-corrected chi connectivity index (χ2v) is 9.97. The molecule has 0 bridgehead atoms. The molecule has 0 saturated heterocycles. The highest BCUT2D eigenvalue weighted by atomic mass is 32.2. The fraction of sp³-hybridized carbons (Fsp3) is 0.579. The third kappa shape index (κ3) is 4.13. The third-order valence-electron chi connectivity index (χ3n) is 4.06. The van der Waals surface area contributed by atoms with Crippen LogP contribution in [-0.2, 0) is 17.9 Å². The van der Waals surface area contributed by atoms with E-state index in [1.165, 1.54) is 0 Å². The number of aryl methyl sites for hydroxylation is 1. The van der Waals surface area contributed by atoms with Gasteiger partial charge >= 0.3 is 0 Å². The van der Waals surface area contributed by atoms with Gasteiger partial charge < -0.3 is 9.12 Å². The lowest BCUT2D eigenvalue weighted by Gasteiger charge is -2.26. The van der Waals surface area contributed by atoms with Crippen molar-refractivity contribution in [3.05, 3.63) is 35.3 Å². The molecule has 1 heterocycles. The van der Waals surface area contributed by atoms with Crippen molar-refractivity contribution in [3.8, 4) is 0 Å². The largest absolute Gasteiger partial charge is 0.598 e. The predicted octanol–water partition coefficient (Wildman–Crippen LogP) is 4.86. The maximum Gasteiger partial charge on any atom is 0.136 e. The van der Waals surface area contributed by atoms with E-state index in [9.17, 15) is 8.94 Å². The summed E-state index contributed by atoms with van der Waals surface area (Å²) in [7, 11) is 0. The number of hydrogen-bond donors (Lipinski definition) is 1. The number of nitrogens with one attached hydrogen (secondary N) is 1. The molecule has 24 heavy (non-hydrogen) atoms. The van der Waals surface area contributed by atoms with Gasteiger partial charge in [0.2, 0.25) is 0 Å². The Bertz CT molecular complexity index is 718. The molecule has 0 aliphatic carbocycles. The second-order valence-electron chi connectivity index (χ2n) is 7.97. The third-order valence-corrected chi connectivity index (χ3v) is 5.74. The molecular formula is C19H29FN2OS. The van der Waals surface area contributed by atoms with Crippen molar-refractivity contribution in [2.45, 2.75) is 65.8 Å². The van der Waals surface area contributed by atoms with Crippen molar-refractivity contribution < 1.29 is 8.94 Å². The Morgan fingerprint density at radius 1 is 1.25 bits per heavy atom. The number of rotatable bonds is 5. The maximum atomic E-state index is 14.1. The van der Waals surface area contributed by atoms with Crippen molar-refractivity contribution in [3.63, 3.8) is 0 Å². The van der Waals surface area contributed by atoms with Gasteiger partial charge in [-0.2, -0.15) is 0 Å². The summed E-state index contributed by atoms with van der Waals surface area (Å²) in [6, 6.07) is 3.39. The molecule has 5 heteroatoms. The van der Waals surface area contributed by atoms with E-state index < -0.39 is 11.4 Å². The predicted molar refractivity (Wildman–Crippen MR) is 101 cm³/mol. The number of aromatic nitrogens is 1. The van der Waals surface area contributed by atoms with Gasteiger partial charge in [0.1, 0.15) is 10.6 Å². The molecule has 134 valence electrons.